The minimum atomic E-state index is -3.76. The van der Waals surface area contributed by atoms with Crippen LogP contribution in [0.2, 0.25) is 0 Å². The van der Waals surface area contributed by atoms with Crippen LogP contribution >= 0.6 is 0 Å². The molecule has 0 saturated heterocycles. The SMILES string of the molecule is Cc1ccc(-c2noc(C)c2-c2ccc(S(N)(=O)=O)cc2)cc1F. The van der Waals surface area contributed by atoms with Gasteiger partial charge in [0.2, 0.25) is 10.0 Å². The smallest absolute Gasteiger partial charge is 0.238 e. The lowest BCUT2D eigenvalue weighted by Crippen LogP contribution is -2.11. The third kappa shape index (κ3) is 2.95. The largest absolute Gasteiger partial charge is 0.360 e. The van der Waals surface area contributed by atoms with E-state index >= 15 is 0 Å². The Kier molecular flexibility index (Phi) is 3.98. The average Bonchev–Trinajstić information content (AvgIpc) is 2.91. The number of hydrogen-bond donors (Lipinski definition) is 1. The van der Waals surface area contributed by atoms with Gasteiger partial charge in [-0.1, -0.05) is 29.4 Å². The fourth-order valence-electron chi connectivity index (χ4n) is 2.46. The van der Waals surface area contributed by atoms with Gasteiger partial charge in [0.1, 0.15) is 17.3 Å². The highest BCUT2D eigenvalue weighted by atomic mass is 32.2. The molecule has 1 heterocycles. The summed E-state index contributed by atoms with van der Waals surface area (Å²) in [6, 6.07) is 10.9. The van der Waals surface area contributed by atoms with E-state index in [1.54, 1.807) is 38.1 Å². The Balaban J connectivity index is 2.12. The van der Waals surface area contributed by atoms with Crippen LogP contribution in [0.4, 0.5) is 4.39 Å². The van der Waals surface area contributed by atoms with Crippen LogP contribution in [0.1, 0.15) is 11.3 Å². The van der Waals surface area contributed by atoms with Crippen molar-refractivity contribution < 1.29 is 17.3 Å². The van der Waals surface area contributed by atoms with Crippen molar-refractivity contribution in [1.29, 1.82) is 0 Å². The van der Waals surface area contributed by atoms with Gasteiger partial charge in [-0.3, -0.25) is 0 Å². The topological polar surface area (TPSA) is 86.2 Å². The van der Waals surface area contributed by atoms with Crippen molar-refractivity contribution >= 4 is 10.0 Å². The molecule has 0 amide bonds. The number of sulfonamides is 1. The maximum atomic E-state index is 13.9. The highest BCUT2D eigenvalue weighted by Gasteiger charge is 2.18. The first-order valence-corrected chi connectivity index (χ1v) is 8.68. The van der Waals surface area contributed by atoms with Crippen LogP contribution in [0.15, 0.2) is 51.9 Å². The van der Waals surface area contributed by atoms with E-state index in [2.05, 4.69) is 5.16 Å². The van der Waals surface area contributed by atoms with Crippen molar-refractivity contribution in [1.82, 2.24) is 5.16 Å². The summed E-state index contributed by atoms with van der Waals surface area (Å²) in [5.41, 5.74) is 3.00. The fraction of sp³-hybridized carbons (Fsp3) is 0.118. The first-order chi connectivity index (χ1) is 11.3. The molecule has 0 aliphatic rings. The number of primary sulfonamides is 1. The van der Waals surface area contributed by atoms with E-state index in [1.165, 1.54) is 18.2 Å². The Hall–Kier alpha value is -2.51. The molecule has 0 radical (unpaired) electrons. The number of hydrogen-bond acceptors (Lipinski definition) is 4. The molecule has 1 aromatic heterocycles. The number of benzene rings is 2. The molecule has 124 valence electrons. The first kappa shape index (κ1) is 16.4. The summed E-state index contributed by atoms with van der Waals surface area (Å²) in [5, 5.41) is 9.13. The van der Waals surface area contributed by atoms with Gasteiger partial charge >= 0.3 is 0 Å². The molecule has 0 saturated carbocycles. The van der Waals surface area contributed by atoms with Crippen molar-refractivity contribution in [3.63, 3.8) is 0 Å². The van der Waals surface area contributed by atoms with Crippen molar-refractivity contribution in [2.45, 2.75) is 18.7 Å². The molecule has 24 heavy (non-hydrogen) atoms. The summed E-state index contributed by atoms with van der Waals surface area (Å²) in [4.78, 5) is 0.0169. The number of aromatic nitrogens is 1. The van der Waals surface area contributed by atoms with Crippen molar-refractivity contribution in [3.8, 4) is 22.4 Å². The summed E-state index contributed by atoms with van der Waals surface area (Å²) >= 11 is 0. The summed E-state index contributed by atoms with van der Waals surface area (Å²) in [7, 11) is -3.76. The van der Waals surface area contributed by atoms with Gasteiger partial charge in [0.05, 0.1) is 10.5 Å². The van der Waals surface area contributed by atoms with Crippen LogP contribution in [-0.4, -0.2) is 13.6 Å². The molecule has 2 aromatic carbocycles. The minimum Gasteiger partial charge on any atom is -0.360 e. The molecule has 0 unspecified atom stereocenters. The second-order valence-electron chi connectivity index (χ2n) is 5.50. The third-order valence-electron chi connectivity index (χ3n) is 3.78. The summed E-state index contributed by atoms with van der Waals surface area (Å²) in [6.07, 6.45) is 0. The summed E-state index contributed by atoms with van der Waals surface area (Å²) in [5.74, 6) is 0.220. The molecule has 3 aromatic rings. The second-order valence-corrected chi connectivity index (χ2v) is 7.06. The predicted molar refractivity (Wildman–Crippen MR) is 88.2 cm³/mol. The zero-order valence-electron chi connectivity index (χ0n) is 13.1. The number of nitrogens with zero attached hydrogens (tertiary/aromatic N) is 1. The van der Waals surface area contributed by atoms with E-state index in [-0.39, 0.29) is 10.7 Å². The third-order valence-corrected chi connectivity index (χ3v) is 4.71. The molecule has 2 N–H and O–H groups in total. The fourth-order valence-corrected chi connectivity index (χ4v) is 2.98. The molecule has 0 fully saturated rings. The van der Waals surface area contributed by atoms with Crippen molar-refractivity contribution in [2.24, 2.45) is 5.14 Å². The second kappa shape index (κ2) is 5.85. The van der Waals surface area contributed by atoms with Crippen molar-refractivity contribution in [2.75, 3.05) is 0 Å². The van der Waals surface area contributed by atoms with E-state index < -0.39 is 10.0 Å². The predicted octanol–water partition coefficient (Wildman–Crippen LogP) is 3.41. The quantitative estimate of drug-likeness (QED) is 0.787. The highest BCUT2D eigenvalue weighted by molar-refractivity contribution is 7.89. The summed E-state index contributed by atoms with van der Waals surface area (Å²) < 4.78 is 41.8. The highest BCUT2D eigenvalue weighted by Crippen LogP contribution is 2.35. The van der Waals surface area contributed by atoms with Gasteiger partial charge in [-0.05, 0) is 43.2 Å². The standard InChI is InChI=1S/C17H15FN2O3S/c1-10-3-4-13(9-15(10)18)17-16(11(2)23-20-17)12-5-7-14(8-6-12)24(19,21)22/h3-9H,1-2H3,(H2,19,21,22). The molecule has 5 nitrogen and oxygen atoms in total. The van der Waals surface area contributed by atoms with Crippen LogP contribution in [0.5, 0.6) is 0 Å². The van der Waals surface area contributed by atoms with E-state index in [0.29, 0.717) is 33.7 Å². The normalized spacial score (nSPS) is 11.7. The first-order valence-electron chi connectivity index (χ1n) is 7.13. The monoisotopic (exact) mass is 346 g/mol. The molecule has 0 aliphatic carbocycles. The summed E-state index contributed by atoms with van der Waals surface area (Å²) in [6.45, 7) is 3.42. The Bertz CT molecular complexity index is 1010. The number of halogens is 1. The Morgan fingerprint density at radius 1 is 1.04 bits per heavy atom. The molecular weight excluding hydrogens is 331 g/mol. The maximum Gasteiger partial charge on any atom is 0.238 e. The van der Waals surface area contributed by atoms with Crippen LogP contribution < -0.4 is 5.14 Å². The number of nitrogens with two attached hydrogens (primary N) is 1. The van der Waals surface area contributed by atoms with Crippen LogP contribution in [-0.2, 0) is 10.0 Å². The molecular formula is C17H15FN2O3S. The molecule has 7 heteroatoms. The van der Waals surface area contributed by atoms with E-state index in [0.717, 1.165) is 0 Å². The number of rotatable bonds is 3. The van der Waals surface area contributed by atoms with Gasteiger partial charge in [-0.15, -0.1) is 0 Å². The number of aryl methyl sites for hydroxylation is 2. The van der Waals surface area contributed by atoms with Gasteiger partial charge in [0.15, 0.2) is 0 Å². The zero-order valence-corrected chi connectivity index (χ0v) is 13.9. The minimum absolute atomic E-state index is 0.0169. The molecule has 0 spiro atoms. The van der Waals surface area contributed by atoms with E-state index in [4.69, 9.17) is 9.66 Å². The van der Waals surface area contributed by atoms with Crippen LogP contribution in [0.3, 0.4) is 0 Å². The van der Waals surface area contributed by atoms with Gasteiger partial charge in [0.25, 0.3) is 0 Å². The van der Waals surface area contributed by atoms with Crippen LogP contribution in [0, 0.1) is 19.7 Å². The Morgan fingerprint density at radius 2 is 1.67 bits per heavy atom. The maximum absolute atomic E-state index is 13.9. The van der Waals surface area contributed by atoms with E-state index in [1.807, 2.05) is 0 Å². The van der Waals surface area contributed by atoms with Crippen molar-refractivity contribution in [3.05, 3.63) is 59.6 Å². The lowest BCUT2D eigenvalue weighted by molar-refractivity contribution is 0.400. The molecule has 3 rings (SSSR count). The molecule has 0 bridgehead atoms. The Labute approximate surface area is 139 Å². The Morgan fingerprint density at radius 3 is 2.25 bits per heavy atom. The van der Waals surface area contributed by atoms with Gasteiger partial charge in [-0.2, -0.15) is 0 Å². The zero-order chi connectivity index (χ0) is 17.5. The van der Waals surface area contributed by atoms with Crippen LogP contribution in [0.25, 0.3) is 22.4 Å². The van der Waals surface area contributed by atoms with Gasteiger partial charge < -0.3 is 4.52 Å². The van der Waals surface area contributed by atoms with Gasteiger partial charge in [0, 0.05) is 5.56 Å². The van der Waals surface area contributed by atoms with Gasteiger partial charge in [-0.25, -0.2) is 17.9 Å². The average molecular weight is 346 g/mol. The lowest BCUT2D eigenvalue weighted by atomic mass is 9.99. The lowest BCUT2D eigenvalue weighted by Gasteiger charge is -2.05. The molecule has 0 atom stereocenters. The van der Waals surface area contributed by atoms with E-state index in [9.17, 15) is 12.8 Å². The molecule has 0 aliphatic heterocycles.